The highest BCUT2D eigenvalue weighted by Gasteiger charge is 2.51. The first-order valence-electron chi connectivity index (χ1n) is 12.0. The Balaban J connectivity index is 1.30. The van der Waals surface area contributed by atoms with Crippen LogP contribution in [-0.2, 0) is 9.53 Å². The quantitative estimate of drug-likeness (QED) is 0.661. The highest BCUT2D eigenvalue weighted by atomic mass is 16.6. The first-order valence-corrected chi connectivity index (χ1v) is 12.0. The Morgan fingerprint density at radius 2 is 2.06 bits per heavy atom. The van der Waals surface area contributed by atoms with Gasteiger partial charge >= 0.3 is 5.97 Å². The predicted octanol–water partition coefficient (Wildman–Crippen LogP) is 4.74. The van der Waals surface area contributed by atoms with E-state index in [0.29, 0.717) is 6.04 Å². The van der Waals surface area contributed by atoms with E-state index in [9.17, 15) is 4.79 Å². The van der Waals surface area contributed by atoms with Gasteiger partial charge in [-0.05, 0) is 68.7 Å². The zero-order valence-electron chi connectivity index (χ0n) is 19.4. The van der Waals surface area contributed by atoms with Crippen LogP contribution >= 0.6 is 0 Å². The number of hydrogen-bond donors (Lipinski definition) is 0. The van der Waals surface area contributed by atoms with Gasteiger partial charge in [0, 0.05) is 43.8 Å². The van der Waals surface area contributed by atoms with E-state index in [0.717, 1.165) is 39.0 Å². The molecule has 4 aliphatic rings. The van der Waals surface area contributed by atoms with E-state index < -0.39 is 0 Å². The van der Waals surface area contributed by atoms with Gasteiger partial charge in [0.2, 0.25) is 0 Å². The molecular weight excluding hydrogens is 384 g/mol. The molecule has 2 aliphatic carbocycles. The van der Waals surface area contributed by atoms with E-state index in [1.807, 2.05) is 0 Å². The molecule has 1 aromatic rings. The van der Waals surface area contributed by atoms with Crippen molar-refractivity contribution < 1.29 is 9.53 Å². The number of carbonyl (C=O) groups is 1. The van der Waals surface area contributed by atoms with E-state index in [1.54, 1.807) is 0 Å². The van der Waals surface area contributed by atoms with E-state index in [-0.39, 0.29) is 29.3 Å². The number of aryl methyl sites for hydroxylation is 1. The Morgan fingerprint density at radius 1 is 1.23 bits per heavy atom. The molecule has 5 unspecified atom stereocenters. The summed E-state index contributed by atoms with van der Waals surface area (Å²) >= 11 is 0. The number of benzene rings is 1. The summed E-state index contributed by atoms with van der Waals surface area (Å²) < 4.78 is 5.96. The number of carbonyl (C=O) groups excluding carboxylic acids is 1. The van der Waals surface area contributed by atoms with Crippen LogP contribution in [0.2, 0.25) is 0 Å². The van der Waals surface area contributed by atoms with Crippen LogP contribution in [0, 0.1) is 24.2 Å². The molecule has 0 aromatic heterocycles. The van der Waals surface area contributed by atoms with Crippen LogP contribution in [0.3, 0.4) is 0 Å². The topological polar surface area (TPSA) is 32.8 Å². The van der Waals surface area contributed by atoms with Crippen LogP contribution in [0.5, 0.6) is 0 Å². The first-order chi connectivity index (χ1) is 14.8. The highest BCUT2D eigenvalue weighted by Crippen LogP contribution is 2.52. The average Bonchev–Trinajstić information content (AvgIpc) is 3.00. The highest BCUT2D eigenvalue weighted by molar-refractivity contribution is 5.76. The summed E-state index contributed by atoms with van der Waals surface area (Å²) in [5.74, 6) is 0.209. The molecule has 4 nitrogen and oxygen atoms in total. The predicted molar refractivity (Wildman–Crippen MR) is 125 cm³/mol. The number of anilines is 1. The first kappa shape index (κ1) is 20.8. The maximum Gasteiger partial charge on any atom is 0.311 e. The smallest absolute Gasteiger partial charge is 0.311 e. The molecule has 0 saturated carbocycles. The van der Waals surface area contributed by atoms with Crippen molar-refractivity contribution in [3.05, 3.63) is 53.1 Å². The molecule has 0 bridgehead atoms. The minimum absolute atomic E-state index is 0.0181. The van der Waals surface area contributed by atoms with Crippen molar-refractivity contribution in [2.75, 3.05) is 31.1 Å². The number of nitrogens with zero attached hydrogens (tertiary/aromatic N) is 2. The third-order valence-corrected chi connectivity index (χ3v) is 8.20. The van der Waals surface area contributed by atoms with Gasteiger partial charge in [0.25, 0.3) is 0 Å². The Labute approximate surface area is 186 Å². The van der Waals surface area contributed by atoms with Crippen molar-refractivity contribution in [2.24, 2.45) is 17.3 Å². The van der Waals surface area contributed by atoms with Crippen LogP contribution < -0.4 is 4.90 Å². The lowest BCUT2D eigenvalue weighted by Crippen LogP contribution is -2.53. The molecule has 0 amide bonds. The standard InChI is InChI=1S/C27H36N2O2/c1-18-7-5-9-21(13-18)29-12-11-28(16-20(29)3)17-23-22-14-24-19(2)8-6-10-27(24,4)15-25(22)31-26(23)30/h5,7-9,13-14,20,22-23,25H,6,10-12,15-17H2,1-4H3. The van der Waals surface area contributed by atoms with Crippen molar-refractivity contribution in [2.45, 2.75) is 59.1 Å². The van der Waals surface area contributed by atoms with E-state index in [2.05, 4.69) is 73.9 Å². The number of rotatable bonds is 3. The molecular formula is C27H36N2O2. The third-order valence-electron chi connectivity index (χ3n) is 8.20. The molecule has 4 heteroatoms. The average molecular weight is 421 g/mol. The molecule has 2 aliphatic heterocycles. The van der Waals surface area contributed by atoms with E-state index in [4.69, 9.17) is 4.74 Å². The van der Waals surface area contributed by atoms with Gasteiger partial charge in [-0.25, -0.2) is 0 Å². The molecule has 166 valence electrons. The molecule has 5 atom stereocenters. The Kier molecular flexibility index (Phi) is 5.24. The molecule has 5 rings (SSSR count). The largest absolute Gasteiger partial charge is 0.461 e. The van der Waals surface area contributed by atoms with Crippen LogP contribution in [0.15, 0.2) is 47.6 Å². The molecule has 0 N–H and O–H groups in total. The lowest BCUT2D eigenvalue weighted by atomic mass is 9.62. The monoisotopic (exact) mass is 420 g/mol. The van der Waals surface area contributed by atoms with Crippen LogP contribution in [-0.4, -0.2) is 49.2 Å². The Morgan fingerprint density at radius 3 is 2.84 bits per heavy atom. The van der Waals surface area contributed by atoms with E-state index in [1.165, 1.54) is 28.8 Å². The molecule has 1 aromatic carbocycles. The molecule has 2 heterocycles. The lowest BCUT2D eigenvalue weighted by molar-refractivity contribution is -0.145. The van der Waals surface area contributed by atoms with Gasteiger partial charge in [-0.1, -0.05) is 36.8 Å². The number of esters is 1. The fraction of sp³-hybridized carbons (Fsp3) is 0.593. The summed E-state index contributed by atoms with van der Waals surface area (Å²) in [4.78, 5) is 17.9. The minimum Gasteiger partial charge on any atom is -0.461 e. The van der Waals surface area contributed by atoms with Crippen molar-refractivity contribution in [1.82, 2.24) is 4.90 Å². The fourth-order valence-corrected chi connectivity index (χ4v) is 6.51. The van der Waals surface area contributed by atoms with Crippen molar-refractivity contribution in [3.8, 4) is 0 Å². The summed E-state index contributed by atoms with van der Waals surface area (Å²) in [6.07, 6.45) is 8.13. The zero-order valence-corrected chi connectivity index (χ0v) is 19.4. The number of piperazine rings is 1. The van der Waals surface area contributed by atoms with Gasteiger partial charge in [0.05, 0.1) is 5.92 Å². The molecule has 0 spiro atoms. The number of hydrogen-bond acceptors (Lipinski definition) is 4. The van der Waals surface area contributed by atoms with Crippen LogP contribution in [0.25, 0.3) is 0 Å². The Bertz CT molecular complexity index is 935. The van der Waals surface area contributed by atoms with Crippen molar-refractivity contribution in [3.63, 3.8) is 0 Å². The van der Waals surface area contributed by atoms with Crippen molar-refractivity contribution in [1.29, 1.82) is 0 Å². The van der Waals surface area contributed by atoms with Gasteiger partial charge in [-0.2, -0.15) is 0 Å². The maximum atomic E-state index is 12.9. The molecule has 2 fully saturated rings. The van der Waals surface area contributed by atoms with Gasteiger partial charge in [0.1, 0.15) is 6.10 Å². The second kappa shape index (κ2) is 7.81. The third kappa shape index (κ3) is 3.73. The number of allylic oxidation sites excluding steroid dienone is 3. The Hall–Kier alpha value is -2.07. The van der Waals surface area contributed by atoms with Crippen LogP contribution in [0.1, 0.15) is 45.6 Å². The SMILES string of the molecule is CC1=CCCC2(C)CC3OC(=O)C(CN4CCN(c5cccc(C)c5)C(C)C4)C3C=C12. The van der Waals surface area contributed by atoms with Gasteiger partial charge in [-0.15, -0.1) is 0 Å². The summed E-state index contributed by atoms with van der Waals surface area (Å²) in [7, 11) is 0. The summed E-state index contributed by atoms with van der Waals surface area (Å²) in [5.41, 5.74) is 5.66. The van der Waals surface area contributed by atoms with Gasteiger partial charge in [-0.3, -0.25) is 9.69 Å². The summed E-state index contributed by atoms with van der Waals surface area (Å²) in [5, 5.41) is 0. The van der Waals surface area contributed by atoms with Gasteiger partial charge in [0.15, 0.2) is 0 Å². The van der Waals surface area contributed by atoms with E-state index >= 15 is 0 Å². The summed E-state index contributed by atoms with van der Waals surface area (Å²) in [6.45, 7) is 12.8. The second-order valence-electron chi connectivity index (χ2n) is 10.6. The molecule has 2 saturated heterocycles. The zero-order chi connectivity index (χ0) is 21.8. The maximum absolute atomic E-state index is 12.9. The normalized spacial score (nSPS) is 35.7. The van der Waals surface area contributed by atoms with Gasteiger partial charge < -0.3 is 9.64 Å². The molecule has 31 heavy (non-hydrogen) atoms. The second-order valence-corrected chi connectivity index (χ2v) is 10.6. The fourth-order valence-electron chi connectivity index (χ4n) is 6.51. The number of fused-ring (bicyclic) bond motifs is 2. The van der Waals surface area contributed by atoms with Crippen molar-refractivity contribution >= 4 is 11.7 Å². The molecule has 0 radical (unpaired) electrons. The van der Waals surface area contributed by atoms with Crippen LogP contribution in [0.4, 0.5) is 5.69 Å². The minimum atomic E-state index is -0.0329. The lowest BCUT2D eigenvalue weighted by Gasteiger charge is -2.44. The number of ether oxygens (including phenoxy) is 1. The summed E-state index contributed by atoms with van der Waals surface area (Å²) in [6, 6.07) is 9.21.